The molecule has 6 aromatic rings. The van der Waals surface area contributed by atoms with E-state index >= 15 is 19.2 Å². The molecule has 7 aliphatic rings. The number of aliphatic hydroxyl groups is 6. The monoisotopic (exact) mass is 1670 g/mol. The van der Waals surface area contributed by atoms with Crippen LogP contribution in [0.4, 0.5) is 0 Å². The van der Waals surface area contributed by atoms with Gasteiger partial charge in [0.2, 0.25) is 59.3 Å². The van der Waals surface area contributed by atoms with E-state index in [9.17, 15) is 79.8 Å². The van der Waals surface area contributed by atoms with Crippen LogP contribution < -0.4 is 72.5 Å². The van der Waals surface area contributed by atoms with E-state index in [-0.39, 0.29) is 45.5 Å². The molecule has 116 heavy (non-hydrogen) atoms. The van der Waals surface area contributed by atoms with E-state index in [1.54, 1.807) is 32.0 Å². The van der Waals surface area contributed by atoms with Crippen LogP contribution in [0.15, 0.2) is 103 Å². The summed E-state index contributed by atoms with van der Waals surface area (Å²) in [7, 11) is 1.39. The first-order chi connectivity index (χ1) is 55.1. The second kappa shape index (κ2) is 37.1. The molecule has 620 valence electrons. The van der Waals surface area contributed by atoms with Gasteiger partial charge in [0.05, 0.1) is 48.4 Å². The summed E-state index contributed by atoms with van der Waals surface area (Å²) in [5.74, 6) is -16.3. The zero-order valence-electron chi connectivity index (χ0n) is 62.1. The second-order valence-electron chi connectivity index (χ2n) is 28.1. The van der Waals surface area contributed by atoms with Crippen molar-refractivity contribution in [3.8, 4) is 62.9 Å². The number of nitrogens with one attached hydrogen (secondary N) is 9. The lowest BCUT2D eigenvalue weighted by Crippen LogP contribution is -2.65. The Labute approximate surface area is 674 Å². The fraction of sp³-hybridized carbons (Fsp3) is 0.395. The summed E-state index contributed by atoms with van der Waals surface area (Å²) in [6.45, 7) is 2.64. The molecular weight excluding hydrogens is 1590 g/mol. The maximum Gasteiger partial charge on any atom is 0.322 e. The molecule has 0 spiro atoms. The van der Waals surface area contributed by atoms with Crippen LogP contribution in [-0.4, -0.2) is 221 Å². The van der Waals surface area contributed by atoms with Crippen molar-refractivity contribution in [1.29, 1.82) is 0 Å². The van der Waals surface area contributed by atoms with Gasteiger partial charge in [-0.2, -0.15) is 0 Å². The number of hydrogen-bond acceptors (Lipinski definition) is 29. The average Bonchev–Trinajstić information content (AvgIpc) is 0.768. The number of amides is 8. The molecule has 0 saturated carbocycles. The molecule has 0 aromatic heterocycles. The number of thioether (sulfide) groups is 1. The van der Waals surface area contributed by atoms with Crippen molar-refractivity contribution in [3.05, 3.63) is 147 Å². The topological polar surface area (TPSA) is 572 Å². The Bertz CT molecular complexity index is 4780. The minimum Gasteiger partial charge on any atom is -0.508 e. The van der Waals surface area contributed by atoms with Gasteiger partial charge in [0.1, 0.15) is 108 Å². The van der Waals surface area contributed by atoms with E-state index in [1.807, 2.05) is 6.07 Å². The maximum atomic E-state index is 16.2. The van der Waals surface area contributed by atoms with Crippen LogP contribution in [0.2, 0.25) is 10.0 Å². The fourth-order valence-corrected chi connectivity index (χ4v) is 14.7. The van der Waals surface area contributed by atoms with Gasteiger partial charge in [-0.3, -0.25) is 47.9 Å². The number of aromatic hydroxyl groups is 3. The molecule has 0 unspecified atom stereocenters. The first kappa shape index (κ1) is 86.2. The average molecular weight is 1670 g/mol. The standard InChI is InChI=1S/C76H84Cl2N10O27S/c1-31-68(102)76(3,82-27-33-7-5-8-39(17-33)109-15-6-16-116-32(2)90)26-55(110-31)114-67-65(101)64(100)51(30-89)113-75(67)115-66-49-21-37-22-50(66)112-48-14-11-36(20-43(48)78)63(99)61-74(108)87-59(70(104)81-29-54(96)97)41-23-38(91)24-46(93)56(41)40-18-34(9-12-45(40)92)57(71(105)88-61)86-72(106)58(37)85-69(103)44(25-52(79)94)83-73(107)60(84-53(95)28-80-4)62(98)35-10-13-47(111-49)42(77)19-35/h5,7-14,17-24,31,44,51,55,57-65,67-68,75,80,82,89,91-93,98-102H,6,15-16,25-30H2,1-4H3,(H2,79,94)(H,81,104)(H,83,107)(H,84,95)(H,85,103)(H,86,106)(H,87,108)(H,88,105)(H,96,97)/t31-,44-,51+,55-,57+,58+,59-,60+,61-,62+,63+,64+,65-,67+,68+,75-,76-/m0/s1. The van der Waals surface area contributed by atoms with Crippen molar-refractivity contribution in [2.45, 2.75) is 150 Å². The number of halogens is 2. The zero-order chi connectivity index (χ0) is 83.9. The van der Waals surface area contributed by atoms with Crippen molar-refractivity contribution in [1.82, 2.24) is 47.9 Å². The summed E-state index contributed by atoms with van der Waals surface area (Å²) in [5.41, 5.74) is 2.20. The lowest BCUT2D eigenvalue weighted by atomic mass is 9.84. The van der Waals surface area contributed by atoms with Crippen LogP contribution in [-0.2, 0) is 68.7 Å². The number of carboxylic acids is 1. The van der Waals surface area contributed by atoms with Crippen LogP contribution in [0, 0.1) is 0 Å². The van der Waals surface area contributed by atoms with E-state index in [0.717, 1.165) is 72.3 Å². The number of fused-ring (bicyclic) bond motifs is 15. The number of nitrogens with two attached hydrogens (primary N) is 1. The maximum absolute atomic E-state index is 16.2. The van der Waals surface area contributed by atoms with Gasteiger partial charge >= 0.3 is 5.97 Å². The molecular formula is C76H84Cl2N10O27S. The quantitative estimate of drug-likeness (QED) is 0.0441. The molecule has 2 fully saturated rings. The second-order valence-corrected chi connectivity index (χ2v) is 30.1. The Hall–Kier alpha value is -10.7. The van der Waals surface area contributed by atoms with Gasteiger partial charge in [0, 0.05) is 48.4 Å². The first-order valence-corrected chi connectivity index (χ1v) is 37.9. The summed E-state index contributed by atoms with van der Waals surface area (Å²) >= 11 is 15.4. The third kappa shape index (κ3) is 19.9. The van der Waals surface area contributed by atoms with E-state index in [4.69, 9.17) is 62.1 Å². The lowest BCUT2D eigenvalue weighted by Gasteiger charge is -2.48. The van der Waals surface area contributed by atoms with Gasteiger partial charge < -0.3 is 138 Å². The van der Waals surface area contributed by atoms with Gasteiger partial charge in [-0.15, -0.1) is 0 Å². The van der Waals surface area contributed by atoms with Crippen LogP contribution in [0.3, 0.4) is 0 Å². The van der Waals surface area contributed by atoms with Crippen molar-refractivity contribution in [2.24, 2.45) is 5.73 Å². The number of likely N-dealkylation sites (N-methyl/N-ethyl adjacent to an activating group) is 1. The number of rotatable bonds is 21. The number of benzene rings is 6. The number of aliphatic carboxylic acids is 1. The van der Waals surface area contributed by atoms with Gasteiger partial charge in [-0.05, 0) is 127 Å². The number of carboxylic acid groups (broad SMARTS) is 1. The van der Waals surface area contributed by atoms with E-state index in [1.165, 1.54) is 37.9 Å². The molecule has 0 radical (unpaired) electrons. The molecule has 21 N–H and O–H groups in total. The number of hydrogen-bond donors (Lipinski definition) is 20. The number of phenols is 3. The molecule has 40 heteroatoms. The smallest absolute Gasteiger partial charge is 0.322 e. The highest BCUT2D eigenvalue weighted by molar-refractivity contribution is 8.13. The summed E-state index contributed by atoms with van der Waals surface area (Å²) in [6, 6.07) is 7.18. The van der Waals surface area contributed by atoms with Crippen LogP contribution in [0.1, 0.15) is 104 Å². The Morgan fingerprint density at radius 1 is 0.707 bits per heavy atom. The van der Waals surface area contributed by atoms with Crippen molar-refractivity contribution in [2.75, 3.05) is 39.1 Å². The predicted molar refractivity (Wildman–Crippen MR) is 406 cm³/mol. The number of carbonyl (C=O) groups excluding carboxylic acids is 9. The van der Waals surface area contributed by atoms with Crippen molar-refractivity contribution >= 4 is 93.3 Å². The van der Waals surface area contributed by atoms with Crippen LogP contribution in [0.5, 0.6) is 51.7 Å². The SMILES string of the molecule is CNCC(=O)N[C@H]1C(=O)N[C@@H](CC(N)=O)C(=O)N[C@H]2C(=O)N[C@H]3C(=O)N[C@H](C(=O)N[C@H](C(=O)NCC(=O)O)c4cc(O)cc(O)c4-c4cc3ccc4O)[C@H](O)c3ccc(c(Cl)c3)Oc3cc2cc(c3O[C@@H]2O[C@H](CO)[C@@H](O)[C@H](O)[C@H]2O[C@H]2C[C@](C)(NCc3cccc(OCCCSC(C)=O)c3)[C@H](O)[C@H](C)O2)Oc2ccc(cc2Cl)[C@H]1O. The Morgan fingerprint density at radius 3 is 2.01 bits per heavy atom. The van der Waals surface area contributed by atoms with Crippen LogP contribution >= 0.6 is 35.0 Å². The molecule has 17 atom stereocenters. The Morgan fingerprint density at radius 2 is 1.36 bits per heavy atom. The fourth-order valence-electron chi connectivity index (χ4n) is 13.7. The van der Waals surface area contributed by atoms with Gasteiger partial charge in [-0.1, -0.05) is 65.3 Å². The number of ether oxygens (including phenoxy) is 7. The summed E-state index contributed by atoms with van der Waals surface area (Å²) in [5, 5.41) is 137. The molecule has 11 bridgehead atoms. The molecule has 7 aliphatic heterocycles. The van der Waals surface area contributed by atoms with E-state index in [2.05, 4.69) is 47.9 Å². The third-order valence-electron chi connectivity index (χ3n) is 19.6. The minimum absolute atomic E-state index is 0.0200. The normalized spacial score (nSPS) is 26.7. The summed E-state index contributed by atoms with van der Waals surface area (Å²) in [6.07, 6.45) is -18.6. The minimum atomic E-state index is -2.39. The number of aliphatic hydroxyl groups excluding tert-OH is 6. The van der Waals surface area contributed by atoms with Gasteiger partial charge in [-0.25, -0.2) is 0 Å². The van der Waals surface area contributed by atoms with E-state index in [0.29, 0.717) is 24.5 Å². The molecule has 2 saturated heterocycles. The molecule has 13 rings (SSSR count). The molecule has 37 nitrogen and oxygen atoms in total. The highest BCUT2D eigenvalue weighted by atomic mass is 35.5. The van der Waals surface area contributed by atoms with Gasteiger partial charge in [0.15, 0.2) is 29.0 Å². The number of carbonyl (C=O) groups is 10. The summed E-state index contributed by atoms with van der Waals surface area (Å²) < 4.78 is 45.3. The van der Waals surface area contributed by atoms with Gasteiger partial charge in [0.25, 0.3) is 0 Å². The highest BCUT2D eigenvalue weighted by Crippen LogP contribution is 2.50. The Kier molecular flexibility index (Phi) is 27.5. The first-order valence-electron chi connectivity index (χ1n) is 36.1. The lowest BCUT2D eigenvalue weighted by molar-refractivity contribution is -0.334. The highest BCUT2D eigenvalue weighted by Gasteiger charge is 2.52. The molecule has 8 amide bonds. The molecule has 7 heterocycles. The molecule has 0 aliphatic carbocycles. The van der Waals surface area contributed by atoms with Crippen LogP contribution in [0.25, 0.3) is 11.1 Å². The number of primary amides is 1. The van der Waals surface area contributed by atoms with Crippen molar-refractivity contribution in [3.63, 3.8) is 0 Å². The molecule has 6 aromatic carbocycles. The zero-order valence-corrected chi connectivity index (χ0v) is 64.4. The number of phenolic OH excluding ortho intramolecular Hbond substituents is 3. The Balaban J connectivity index is 1.10. The van der Waals surface area contributed by atoms with Crippen molar-refractivity contribution < 1.29 is 132 Å². The summed E-state index contributed by atoms with van der Waals surface area (Å²) in [4.78, 5) is 141. The largest absolute Gasteiger partial charge is 0.508 e. The third-order valence-corrected chi connectivity index (χ3v) is 21.1. The predicted octanol–water partition coefficient (Wildman–Crippen LogP) is 0.687. The van der Waals surface area contributed by atoms with E-state index < -0.39 is 250 Å².